The minimum Gasteiger partial charge on any atom is -0.399 e. The number of sulfonamides is 1. The van der Waals surface area contributed by atoms with Crippen molar-refractivity contribution in [3.05, 3.63) is 22.7 Å². The van der Waals surface area contributed by atoms with Gasteiger partial charge in [0, 0.05) is 16.2 Å². The molecule has 0 bridgehead atoms. The third-order valence-corrected chi connectivity index (χ3v) is 6.23. The monoisotopic (exact) mass is 344 g/mol. The summed E-state index contributed by atoms with van der Waals surface area (Å²) in [5.41, 5.74) is 6.19. The summed E-state index contributed by atoms with van der Waals surface area (Å²) in [7, 11) is -3.47. The molecule has 3 N–H and O–H groups in total. The van der Waals surface area contributed by atoms with Crippen molar-refractivity contribution in [2.75, 3.05) is 5.73 Å². The number of rotatable bonds is 5. The van der Waals surface area contributed by atoms with Crippen LogP contribution in [-0.2, 0) is 10.0 Å². The fourth-order valence-electron chi connectivity index (χ4n) is 2.47. The quantitative estimate of drug-likeness (QED) is 0.806. The van der Waals surface area contributed by atoms with Gasteiger partial charge in [-0.1, -0.05) is 0 Å². The molecule has 0 spiro atoms. The molecule has 19 heavy (non-hydrogen) atoms. The summed E-state index contributed by atoms with van der Waals surface area (Å²) < 4.78 is 28.3. The van der Waals surface area contributed by atoms with Gasteiger partial charge in [0.25, 0.3) is 0 Å². The zero-order chi connectivity index (χ0) is 13.6. The highest BCUT2D eigenvalue weighted by atomic mass is 79.9. The smallest absolute Gasteiger partial charge is 0.241 e. The van der Waals surface area contributed by atoms with Crippen molar-refractivity contribution in [1.82, 2.24) is 4.72 Å². The number of anilines is 1. The maximum Gasteiger partial charge on any atom is 0.241 e. The van der Waals surface area contributed by atoms with Gasteiger partial charge in [-0.2, -0.15) is 0 Å². The third kappa shape index (κ3) is 2.95. The molecule has 2 saturated carbocycles. The first-order chi connectivity index (χ1) is 8.97. The lowest BCUT2D eigenvalue weighted by molar-refractivity contribution is 0.471. The molecule has 4 nitrogen and oxygen atoms in total. The van der Waals surface area contributed by atoms with E-state index in [1.54, 1.807) is 18.2 Å². The number of hydrogen-bond donors (Lipinski definition) is 2. The van der Waals surface area contributed by atoms with Crippen molar-refractivity contribution in [3.8, 4) is 0 Å². The zero-order valence-corrected chi connectivity index (χ0v) is 12.9. The Kier molecular flexibility index (Phi) is 3.35. The normalized spacial score (nSPS) is 19.9. The van der Waals surface area contributed by atoms with E-state index in [1.807, 2.05) is 0 Å². The molecule has 1 aromatic carbocycles. The molecule has 0 saturated heterocycles. The molecule has 2 fully saturated rings. The Morgan fingerprint density at radius 1 is 1.21 bits per heavy atom. The summed E-state index contributed by atoms with van der Waals surface area (Å²) >= 11 is 3.28. The predicted octanol–water partition coefficient (Wildman–Crippen LogP) is 2.50. The van der Waals surface area contributed by atoms with Crippen molar-refractivity contribution < 1.29 is 8.42 Å². The summed E-state index contributed by atoms with van der Waals surface area (Å²) in [6.45, 7) is 0. The standard InChI is InChI=1S/C13H17BrN2O2S/c14-11-7-10(15)5-6-12(11)19(17,18)16-13(8-1-2-8)9-3-4-9/h5-9,13,16H,1-4,15H2. The van der Waals surface area contributed by atoms with Gasteiger partial charge in [0.1, 0.15) is 0 Å². The Balaban J connectivity index is 1.85. The SMILES string of the molecule is Nc1ccc(S(=O)(=O)NC(C2CC2)C2CC2)c(Br)c1. The highest BCUT2D eigenvalue weighted by molar-refractivity contribution is 9.10. The van der Waals surface area contributed by atoms with Gasteiger partial charge in [-0.05, 0) is 71.6 Å². The lowest BCUT2D eigenvalue weighted by Gasteiger charge is -2.18. The molecular formula is C13H17BrN2O2S. The largest absolute Gasteiger partial charge is 0.399 e. The first kappa shape index (κ1) is 13.4. The van der Waals surface area contributed by atoms with Gasteiger partial charge in [-0.3, -0.25) is 0 Å². The lowest BCUT2D eigenvalue weighted by atomic mass is 10.1. The molecule has 6 heteroatoms. The van der Waals surface area contributed by atoms with E-state index in [0.717, 1.165) is 25.7 Å². The number of nitrogens with one attached hydrogen (secondary N) is 1. The first-order valence-electron chi connectivity index (χ1n) is 6.55. The van der Waals surface area contributed by atoms with E-state index in [2.05, 4.69) is 20.7 Å². The Morgan fingerprint density at radius 2 is 1.79 bits per heavy atom. The van der Waals surface area contributed by atoms with Crippen LogP contribution >= 0.6 is 15.9 Å². The van der Waals surface area contributed by atoms with Gasteiger partial charge in [0.2, 0.25) is 10.0 Å². The van der Waals surface area contributed by atoms with Crippen LogP contribution in [-0.4, -0.2) is 14.5 Å². The van der Waals surface area contributed by atoms with E-state index in [-0.39, 0.29) is 10.9 Å². The Hall–Kier alpha value is -0.590. The summed E-state index contributed by atoms with van der Waals surface area (Å²) in [4.78, 5) is 0.271. The second-order valence-electron chi connectivity index (χ2n) is 5.51. The maximum atomic E-state index is 12.5. The Labute approximate surface area is 121 Å². The molecule has 0 radical (unpaired) electrons. The van der Waals surface area contributed by atoms with Gasteiger partial charge < -0.3 is 5.73 Å². The zero-order valence-electron chi connectivity index (χ0n) is 10.5. The van der Waals surface area contributed by atoms with Crippen LogP contribution in [0.1, 0.15) is 25.7 Å². The first-order valence-corrected chi connectivity index (χ1v) is 8.82. The molecule has 0 aliphatic heterocycles. The predicted molar refractivity (Wildman–Crippen MR) is 78.1 cm³/mol. The minimum atomic E-state index is -3.47. The molecule has 0 atom stereocenters. The van der Waals surface area contributed by atoms with E-state index in [0.29, 0.717) is 22.0 Å². The molecule has 0 heterocycles. The average Bonchev–Trinajstić information content (AvgIpc) is 3.18. The molecular weight excluding hydrogens is 328 g/mol. The molecule has 3 rings (SSSR count). The number of nitrogens with two attached hydrogens (primary N) is 1. The number of halogens is 1. The Morgan fingerprint density at radius 3 is 2.26 bits per heavy atom. The average molecular weight is 345 g/mol. The van der Waals surface area contributed by atoms with Gasteiger partial charge in [0.15, 0.2) is 0 Å². The van der Waals surface area contributed by atoms with Gasteiger partial charge >= 0.3 is 0 Å². The number of benzene rings is 1. The second kappa shape index (κ2) is 4.75. The fraction of sp³-hybridized carbons (Fsp3) is 0.538. The lowest BCUT2D eigenvalue weighted by Crippen LogP contribution is -2.38. The maximum absolute atomic E-state index is 12.5. The molecule has 0 amide bonds. The number of nitrogen functional groups attached to an aromatic ring is 1. The van der Waals surface area contributed by atoms with Gasteiger partial charge in [-0.25, -0.2) is 13.1 Å². The molecule has 104 valence electrons. The molecule has 0 aromatic heterocycles. The number of hydrogen-bond acceptors (Lipinski definition) is 3. The topological polar surface area (TPSA) is 72.2 Å². The summed E-state index contributed by atoms with van der Waals surface area (Å²) in [5.74, 6) is 1.07. The van der Waals surface area contributed by atoms with Crippen LogP contribution in [0.4, 0.5) is 5.69 Å². The van der Waals surface area contributed by atoms with Crippen molar-refractivity contribution in [2.45, 2.75) is 36.6 Å². The molecule has 0 unspecified atom stereocenters. The summed E-state index contributed by atoms with van der Waals surface area (Å²) in [5, 5.41) is 0. The minimum absolute atomic E-state index is 0.120. The van der Waals surface area contributed by atoms with E-state index >= 15 is 0 Å². The van der Waals surface area contributed by atoms with Crippen LogP contribution in [0, 0.1) is 11.8 Å². The van der Waals surface area contributed by atoms with Crippen LogP contribution in [0.2, 0.25) is 0 Å². The van der Waals surface area contributed by atoms with E-state index in [4.69, 9.17) is 5.73 Å². The highest BCUT2D eigenvalue weighted by Crippen LogP contribution is 2.45. The molecule has 2 aliphatic rings. The van der Waals surface area contributed by atoms with Crippen molar-refractivity contribution in [2.24, 2.45) is 11.8 Å². The molecule has 2 aliphatic carbocycles. The van der Waals surface area contributed by atoms with Crippen LogP contribution in [0.3, 0.4) is 0 Å². The Bertz CT molecular complexity index is 583. The summed E-state index contributed by atoms with van der Waals surface area (Å²) in [6.07, 6.45) is 4.58. The van der Waals surface area contributed by atoms with Gasteiger partial charge in [0.05, 0.1) is 4.90 Å². The summed E-state index contributed by atoms with van der Waals surface area (Å²) in [6, 6.07) is 4.91. The highest BCUT2D eigenvalue weighted by Gasteiger charge is 2.43. The second-order valence-corrected chi connectivity index (χ2v) is 8.05. The van der Waals surface area contributed by atoms with Crippen molar-refractivity contribution in [1.29, 1.82) is 0 Å². The van der Waals surface area contributed by atoms with Gasteiger partial charge in [-0.15, -0.1) is 0 Å². The van der Waals surface area contributed by atoms with Crippen LogP contribution in [0.5, 0.6) is 0 Å². The van der Waals surface area contributed by atoms with E-state index in [9.17, 15) is 8.42 Å². The van der Waals surface area contributed by atoms with Crippen molar-refractivity contribution >= 4 is 31.6 Å². The molecule has 1 aromatic rings. The van der Waals surface area contributed by atoms with E-state index < -0.39 is 10.0 Å². The third-order valence-electron chi connectivity index (χ3n) is 3.80. The fourth-order valence-corrected chi connectivity index (χ4v) is 4.93. The van der Waals surface area contributed by atoms with Crippen LogP contribution in [0.25, 0.3) is 0 Å². The van der Waals surface area contributed by atoms with E-state index in [1.165, 1.54) is 0 Å². The van der Waals surface area contributed by atoms with Crippen LogP contribution in [0.15, 0.2) is 27.6 Å². The van der Waals surface area contributed by atoms with Crippen LogP contribution < -0.4 is 10.5 Å². The van der Waals surface area contributed by atoms with Crippen molar-refractivity contribution in [3.63, 3.8) is 0 Å².